The van der Waals surface area contributed by atoms with Crippen LogP contribution in [-0.4, -0.2) is 19.1 Å². The van der Waals surface area contributed by atoms with E-state index in [-0.39, 0.29) is 5.76 Å². The quantitative estimate of drug-likeness (QED) is 0.351. The predicted octanol–water partition coefficient (Wildman–Crippen LogP) is 1.79. The molecule has 1 amide bonds. The molecular formula is C15H18N2O4. The Morgan fingerprint density at radius 2 is 2.05 bits per heavy atom. The number of hydrazine groups is 1. The van der Waals surface area contributed by atoms with Crippen molar-refractivity contribution < 1.29 is 18.7 Å². The van der Waals surface area contributed by atoms with Gasteiger partial charge in [-0.15, -0.1) is 0 Å². The Morgan fingerprint density at radius 3 is 2.76 bits per heavy atom. The number of para-hydroxylation sites is 1. The number of hydrogen-bond acceptors (Lipinski definition) is 5. The molecule has 0 fully saturated rings. The van der Waals surface area contributed by atoms with Gasteiger partial charge in [0, 0.05) is 5.56 Å². The Labute approximate surface area is 122 Å². The number of aryl methyl sites for hydroxylation is 1. The van der Waals surface area contributed by atoms with Gasteiger partial charge in [-0.2, -0.15) is 0 Å². The molecule has 1 aromatic carbocycles. The second-order valence-corrected chi connectivity index (χ2v) is 4.38. The molecule has 0 atom stereocenters. The van der Waals surface area contributed by atoms with Crippen molar-refractivity contribution in [2.75, 3.05) is 13.2 Å². The van der Waals surface area contributed by atoms with E-state index in [4.69, 9.17) is 19.7 Å². The Morgan fingerprint density at radius 1 is 1.29 bits per heavy atom. The summed E-state index contributed by atoms with van der Waals surface area (Å²) in [6.45, 7) is 3.02. The van der Waals surface area contributed by atoms with Gasteiger partial charge in [-0.05, 0) is 25.1 Å². The van der Waals surface area contributed by atoms with Crippen LogP contribution >= 0.6 is 0 Å². The lowest BCUT2D eigenvalue weighted by atomic mass is 10.2. The van der Waals surface area contributed by atoms with Gasteiger partial charge in [0.1, 0.15) is 18.1 Å². The summed E-state index contributed by atoms with van der Waals surface area (Å²) < 4.78 is 16.3. The van der Waals surface area contributed by atoms with E-state index < -0.39 is 5.91 Å². The van der Waals surface area contributed by atoms with E-state index in [2.05, 4.69) is 0 Å². The largest absolute Gasteiger partial charge is 0.491 e. The van der Waals surface area contributed by atoms with Gasteiger partial charge in [0.2, 0.25) is 0 Å². The number of hydrogen-bond donors (Lipinski definition) is 2. The summed E-state index contributed by atoms with van der Waals surface area (Å²) in [5.74, 6) is 6.21. The third kappa shape index (κ3) is 4.34. The van der Waals surface area contributed by atoms with Crippen molar-refractivity contribution in [3.8, 4) is 5.75 Å². The number of nitrogens with two attached hydrogens (primary N) is 1. The SMILES string of the molecule is Cc1oc(C(=O)NN)cc1COCCOc1ccccc1. The topological polar surface area (TPSA) is 86.7 Å². The molecule has 21 heavy (non-hydrogen) atoms. The molecule has 0 bridgehead atoms. The third-order valence-corrected chi connectivity index (χ3v) is 2.87. The van der Waals surface area contributed by atoms with Gasteiger partial charge in [0.05, 0.1) is 13.2 Å². The smallest absolute Gasteiger partial charge is 0.300 e. The van der Waals surface area contributed by atoms with Crippen molar-refractivity contribution in [3.63, 3.8) is 0 Å². The highest BCUT2D eigenvalue weighted by atomic mass is 16.5. The van der Waals surface area contributed by atoms with Crippen LogP contribution in [0.3, 0.4) is 0 Å². The molecule has 1 heterocycles. The van der Waals surface area contributed by atoms with Crippen LogP contribution in [0.25, 0.3) is 0 Å². The third-order valence-electron chi connectivity index (χ3n) is 2.87. The van der Waals surface area contributed by atoms with Gasteiger partial charge >= 0.3 is 5.91 Å². The van der Waals surface area contributed by atoms with Crippen LogP contribution in [0.5, 0.6) is 5.75 Å². The van der Waals surface area contributed by atoms with Gasteiger partial charge in [-0.1, -0.05) is 18.2 Å². The van der Waals surface area contributed by atoms with Crippen LogP contribution in [0, 0.1) is 6.92 Å². The first-order valence-corrected chi connectivity index (χ1v) is 6.56. The minimum atomic E-state index is -0.461. The van der Waals surface area contributed by atoms with E-state index in [9.17, 15) is 4.79 Å². The molecule has 3 N–H and O–H groups in total. The maximum Gasteiger partial charge on any atom is 0.300 e. The molecule has 6 heteroatoms. The Hall–Kier alpha value is -2.31. The zero-order chi connectivity index (χ0) is 15.1. The molecule has 0 radical (unpaired) electrons. The molecule has 0 spiro atoms. The lowest BCUT2D eigenvalue weighted by Gasteiger charge is -2.06. The number of furan rings is 1. The first-order valence-electron chi connectivity index (χ1n) is 6.56. The number of benzene rings is 1. The fourth-order valence-electron chi connectivity index (χ4n) is 1.76. The average Bonchev–Trinajstić information content (AvgIpc) is 2.88. The van der Waals surface area contributed by atoms with Gasteiger partial charge in [-0.25, -0.2) is 5.84 Å². The van der Waals surface area contributed by atoms with Crippen LogP contribution in [0.4, 0.5) is 0 Å². The van der Waals surface area contributed by atoms with E-state index >= 15 is 0 Å². The van der Waals surface area contributed by atoms with Crippen molar-refractivity contribution in [2.45, 2.75) is 13.5 Å². The minimum absolute atomic E-state index is 0.175. The summed E-state index contributed by atoms with van der Waals surface area (Å²) in [5.41, 5.74) is 2.84. The van der Waals surface area contributed by atoms with Crippen molar-refractivity contribution in [1.82, 2.24) is 5.43 Å². The Balaban J connectivity index is 1.74. The first kappa shape index (κ1) is 15.1. The summed E-state index contributed by atoms with van der Waals surface area (Å²) in [6.07, 6.45) is 0. The molecular weight excluding hydrogens is 272 g/mol. The van der Waals surface area contributed by atoms with Gasteiger partial charge in [-0.3, -0.25) is 10.2 Å². The lowest BCUT2D eigenvalue weighted by molar-refractivity contribution is 0.0882. The highest BCUT2D eigenvalue weighted by molar-refractivity contribution is 5.91. The summed E-state index contributed by atoms with van der Waals surface area (Å²) in [7, 11) is 0. The summed E-state index contributed by atoms with van der Waals surface area (Å²) in [5, 5.41) is 0. The minimum Gasteiger partial charge on any atom is -0.491 e. The predicted molar refractivity (Wildman–Crippen MR) is 76.7 cm³/mol. The van der Waals surface area contributed by atoms with Crippen LogP contribution in [0.2, 0.25) is 0 Å². The molecule has 6 nitrogen and oxygen atoms in total. The fraction of sp³-hybridized carbons (Fsp3) is 0.267. The van der Waals surface area contributed by atoms with E-state index in [0.29, 0.717) is 25.6 Å². The van der Waals surface area contributed by atoms with Crippen molar-refractivity contribution in [2.24, 2.45) is 5.84 Å². The zero-order valence-electron chi connectivity index (χ0n) is 11.8. The van der Waals surface area contributed by atoms with Crippen LogP contribution in [0.15, 0.2) is 40.8 Å². The van der Waals surface area contributed by atoms with E-state index in [1.807, 2.05) is 35.8 Å². The Kier molecular flexibility index (Phi) is 5.36. The van der Waals surface area contributed by atoms with Crippen molar-refractivity contribution in [1.29, 1.82) is 0 Å². The molecule has 0 saturated carbocycles. The molecule has 0 unspecified atom stereocenters. The van der Waals surface area contributed by atoms with Crippen molar-refractivity contribution in [3.05, 3.63) is 53.5 Å². The number of carbonyl (C=O) groups excluding carboxylic acids is 1. The highest BCUT2D eigenvalue weighted by Crippen LogP contribution is 2.15. The van der Waals surface area contributed by atoms with Gasteiger partial charge in [0.15, 0.2) is 5.76 Å². The molecule has 0 saturated heterocycles. The number of nitrogen functional groups attached to an aromatic ring is 1. The van der Waals surface area contributed by atoms with Gasteiger partial charge < -0.3 is 13.9 Å². The second kappa shape index (κ2) is 7.47. The van der Waals surface area contributed by atoms with E-state index in [1.54, 1.807) is 13.0 Å². The highest BCUT2D eigenvalue weighted by Gasteiger charge is 2.13. The maximum absolute atomic E-state index is 11.3. The second-order valence-electron chi connectivity index (χ2n) is 4.38. The molecule has 2 rings (SSSR count). The number of rotatable bonds is 7. The van der Waals surface area contributed by atoms with Crippen molar-refractivity contribution >= 4 is 5.91 Å². The molecule has 0 aliphatic carbocycles. The normalized spacial score (nSPS) is 10.4. The standard InChI is InChI=1S/C15H18N2O4/c1-11-12(9-14(21-11)15(18)17-16)10-19-7-8-20-13-5-3-2-4-6-13/h2-6,9H,7-8,10,16H2,1H3,(H,17,18). The van der Waals surface area contributed by atoms with E-state index in [1.165, 1.54) is 0 Å². The number of nitrogens with one attached hydrogen (secondary N) is 1. The molecule has 0 aliphatic heterocycles. The molecule has 2 aromatic rings. The Bertz CT molecular complexity index is 581. The lowest BCUT2D eigenvalue weighted by Crippen LogP contribution is -2.29. The van der Waals surface area contributed by atoms with E-state index in [0.717, 1.165) is 11.3 Å². The zero-order valence-corrected chi connectivity index (χ0v) is 11.8. The number of ether oxygens (including phenoxy) is 2. The van der Waals surface area contributed by atoms with Crippen LogP contribution in [-0.2, 0) is 11.3 Å². The average molecular weight is 290 g/mol. The number of carbonyl (C=O) groups is 1. The maximum atomic E-state index is 11.3. The van der Waals surface area contributed by atoms with Gasteiger partial charge in [0.25, 0.3) is 0 Å². The van der Waals surface area contributed by atoms with Crippen LogP contribution < -0.4 is 16.0 Å². The monoisotopic (exact) mass is 290 g/mol. The summed E-state index contributed by atoms with van der Waals surface area (Å²) in [6, 6.07) is 11.1. The molecule has 0 aliphatic rings. The first-order chi connectivity index (χ1) is 10.2. The number of amides is 1. The fourth-order valence-corrected chi connectivity index (χ4v) is 1.76. The summed E-state index contributed by atoms with van der Waals surface area (Å²) in [4.78, 5) is 11.3. The summed E-state index contributed by atoms with van der Waals surface area (Å²) >= 11 is 0. The van der Waals surface area contributed by atoms with Crippen LogP contribution in [0.1, 0.15) is 21.9 Å². The molecule has 112 valence electrons. The molecule has 1 aromatic heterocycles.